The highest BCUT2D eigenvalue weighted by molar-refractivity contribution is 7.13. The van der Waals surface area contributed by atoms with Crippen molar-refractivity contribution in [2.75, 3.05) is 32.6 Å². The Labute approximate surface area is 189 Å². The maximum Gasteiger partial charge on any atom is 0.419 e. The molecule has 0 bridgehead atoms. The first-order valence-electron chi connectivity index (χ1n) is 10.2. The molecule has 0 saturated heterocycles. The van der Waals surface area contributed by atoms with Gasteiger partial charge in [-0.05, 0) is 63.5 Å². The topological polar surface area (TPSA) is 89.6 Å². The number of amides is 1. The molecule has 2 heterocycles. The number of fused-ring (bicyclic) bond motifs is 1. The summed E-state index contributed by atoms with van der Waals surface area (Å²) in [5.74, 6) is 0.0674. The minimum atomic E-state index is -0.412. The van der Waals surface area contributed by atoms with Crippen molar-refractivity contribution in [3.63, 3.8) is 0 Å². The summed E-state index contributed by atoms with van der Waals surface area (Å²) in [6.07, 6.45) is 0. The highest BCUT2D eigenvalue weighted by Crippen LogP contribution is 2.26. The Morgan fingerprint density at radius 1 is 1.22 bits per heavy atom. The van der Waals surface area contributed by atoms with Crippen LogP contribution in [0, 0.1) is 0 Å². The fraction of sp³-hybridized carbons (Fsp3) is 0.261. The largest absolute Gasteiger partial charge is 0.494 e. The summed E-state index contributed by atoms with van der Waals surface area (Å²) in [4.78, 5) is 31.4. The van der Waals surface area contributed by atoms with Crippen molar-refractivity contribution in [1.82, 2.24) is 14.5 Å². The molecule has 1 amide bonds. The number of nitrogens with one attached hydrogen (secondary N) is 1. The quantitative estimate of drug-likeness (QED) is 0.436. The van der Waals surface area contributed by atoms with Gasteiger partial charge >= 0.3 is 5.76 Å². The Kier molecular flexibility index (Phi) is 6.38. The lowest BCUT2D eigenvalue weighted by Gasteiger charge is -2.09. The lowest BCUT2D eigenvalue weighted by Crippen LogP contribution is -2.23. The Balaban J connectivity index is 1.51. The van der Waals surface area contributed by atoms with Crippen molar-refractivity contribution in [3.8, 4) is 16.3 Å². The molecule has 0 radical (unpaired) electrons. The summed E-state index contributed by atoms with van der Waals surface area (Å²) in [6.45, 7) is 3.73. The summed E-state index contributed by atoms with van der Waals surface area (Å²) in [5, 5.41) is 5.34. The smallest absolute Gasteiger partial charge is 0.419 e. The van der Waals surface area contributed by atoms with Crippen LogP contribution < -0.4 is 15.8 Å². The Hall–Kier alpha value is -3.43. The first-order chi connectivity index (χ1) is 15.4. The van der Waals surface area contributed by atoms with Crippen LogP contribution in [-0.2, 0) is 6.54 Å². The molecule has 32 heavy (non-hydrogen) atoms. The third kappa shape index (κ3) is 4.74. The van der Waals surface area contributed by atoms with Crippen LogP contribution in [0.5, 0.6) is 5.75 Å². The van der Waals surface area contributed by atoms with Gasteiger partial charge in [0.05, 0.1) is 12.1 Å². The number of carbonyl (C=O) groups excluding carboxylic acids is 1. The molecule has 0 aliphatic heterocycles. The zero-order chi connectivity index (χ0) is 22.7. The van der Waals surface area contributed by atoms with Gasteiger partial charge in [0.15, 0.2) is 5.58 Å². The normalized spacial score (nSPS) is 11.2. The number of hydrogen-bond acceptors (Lipinski definition) is 7. The van der Waals surface area contributed by atoms with Crippen LogP contribution in [0.3, 0.4) is 0 Å². The minimum Gasteiger partial charge on any atom is -0.494 e. The van der Waals surface area contributed by atoms with Crippen LogP contribution >= 0.6 is 11.3 Å². The number of benzene rings is 2. The number of likely N-dealkylation sites (N-methyl/N-ethyl adjacent to an activating group) is 1. The predicted octanol–water partition coefficient (Wildman–Crippen LogP) is 3.93. The van der Waals surface area contributed by atoms with Crippen LogP contribution in [0.4, 0.5) is 5.69 Å². The van der Waals surface area contributed by atoms with E-state index in [1.165, 1.54) is 11.3 Å². The minimum absolute atomic E-state index is 0.316. The maximum absolute atomic E-state index is 12.8. The predicted molar refractivity (Wildman–Crippen MR) is 126 cm³/mol. The second-order valence-corrected chi connectivity index (χ2v) is 8.31. The zero-order valence-corrected chi connectivity index (χ0v) is 18.9. The molecule has 2 aromatic carbocycles. The average molecular weight is 453 g/mol. The van der Waals surface area contributed by atoms with E-state index in [1.54, 1.807) is 28.1 Å². The highest BCUT2D eigenvalue weighted by Gasteiger charge is 2.15. The van der Waals surface area contributed by atoms with E-state index in [0.29, 0.717) is 42.2 Å². The molecule has 0 atom stereocenters. The second-order valence-electron chi connectivity index (χ2n) is 7.45. The lowest BCUT2D eigenvalue weighted by atomic mass is 10.2. The number of rotatable bonds is 8. The van der Waals surface area contributed by atoms with E-state index in [4.69, 9.17) is 9.15 Å². The summed E-state index contributed by atoms with van der Waals surface area (Å²) >= 11 is 1.40. The third-order valence-corrected chi connectivity index (χ3v) is 5.74. The van der Waals surface area contributed by atoms with Crippen LogP contribution in [0.2, 0.25) is 0 Å². The zero-order valence-electron chi connectivity index (χ0n) is 18.1. The molecule has 0 aliphatic rings. The number of carbonyl (C=O) groups is 1. The van der Waals surface area contributed by atoms with Gasteiger partial charge in [-0.1, -0.05) is 0 Å². The fourth-order valence-electron chi connectivity index (χ4n) is 3.22. The number of ether oxygens (including phenoxy) is 1. The third-order valence-electron chi connectivity index (χ3n) is 4.85. The molecule has 2 aromatic heterocycles. The summed E-state index contributed by atoms with van der Waals surface area (Å²) < 4.78 is 12.3. The van der Waals surface area contributed by atoms with Crippen molar-refractivity contribution in [1.29, 1.82) is 0 Å². The molecule has 8 nitrogen and oxygen atoms in total. The number of thiazole rings is 1. The van der Waals surface area contributed by atoms with Gasteiger partial charge in [0.1, 0.15) is 16.5 Å². The molecule has 0 aliphatic carbocycles. The number of aromatic nitrogens is 2. The fourth-order valence-corrected chi connectivity index (χ4v) is 4.02. The molecular weight excluding hydrogens is 428 g/mol. The van der Waals surface area contributed by atoms with Crippen LogP contribution in [0.25, 0.3) is 21.7 Å². The lowest BCUT2D eigenvalue weighted by molar-refractivity contribution is 0.102. The van der Waals surface area contributed by atoms with Crippen molar-refractivity contribution in [2.24, 2.45) is 0 Å². The average Bonchev–Trinajstić information content (AvgIpc) is 3.37. The van der Waals surface area contributed by atoms with Gasteiger partial charge in [-0.3, -0.25) is 9.36 Å². The first kappa shape index (κ1) is 21.8. The molecule has 4 aromatic rings. The molecule has 0 fully saturated rings. The van der Waals surface area contributed by atoms with Gasteiger partial charge in [-0.25, -0.2) is 9.78 Å². The van der Waals surface area contributed by atoms with Gasteiger partial charge in [0.2, 0.25) is 0 Å². The van der Waals surface area contributed by atoms with E-state index < -0.39 is 5.76 Å². The number of nitrogens with zero attached hydrogens (tertiary/aromatic N) is 3. The van der Waals surface area contributed by atoms with E-state index in [2.05, 4.69) is 10.3 Å². The Morgan fingerprint density at radius 3 is 2.72 bits per heavy atom. The van der Waals surface area contributed by atoms with Crippen molar-refractivity contribution in [2.45, 2.75) is 13.5 Å². The van der Waals surface area contributed by atoms with Crippen molar-refractivity contribution < 1.29 is 13.9 Å². The maximum atomic E-state index is 12.8. The molecule has 0 unspecified atom stereocenters. The molecule has 0 saturated carbocycles. The summed E-state index contributed by atoms with van der Waals surface area (Å²) in [5.41, 5.74) is 2.94. The first-order valence-corrected chi connectivity index (χ1v) is 11.1. The van der Waals surface area contributed by atoms with Crippen molar-refractivity contribution >= 4 is 34.0 Å². The number of oxazole rings is 1. The van der Waals surface area contributed by atoms with Crippen LogP contribution in [0.15, 0.2) is 57.1 Å². The van der Waals surface area contributed by atoms with Crippen LogP contribution in [-0.4, -0.2) is 47.6 Å². The number of hydrogen-bond donors (Lipinski definition) is 1. The molecule has 4 rings (SSSR count). The van der Waals surface area contributed by atoms with Crippen molar-refractivity contribution in [3.05, 3.63) is 64.1 Å². The molecular formula is C23H24N4O4S. The standard InChI is InChI=1S/C23H24N4O4S/c1-4-30-17-8-5-15(6-9-17)22-25-18(14-32-22)21(28)24-16-7-10-20-19(13-16)27(23(29)31-20)12-11-26(2)3/h5-10,13-14H,4,11-12H2,1-3H3,(H,24,28). The molecule has 1 N–H and O–H groups in total. The Bertz CT molecular complexity index is 1290. The summed E-state index contributed by atoms with van der Waals surface area (Å²) in [6, 6.07) is 12.8. The van der Waals surface area contributed by atoms with E-state index in [9.17, 15) is 9.59 Å². The van der Waals surface area contributed by atoms with E-state index in [1.807, 2.05) is 50.2 Å². The van der Waals surface area contributed by atoms with E-state index in [-0.39, 0.29) is 5.91 Å². The van der Waals surface area contributed by atoms with Gasteiger partial charge < -0.3 is 19.4 Å². The van der Waals surface area contributed by atoms with E-state index >= 15 is 0 Å². The monoisotopic (exact) mass is 452 g/mol. The van der Waals surface area contributed by atoms with Gasteiger partial charge in [-0.2, -0.15) is 0 Å². The van der Waals surface area contributed by atoms with Crippen LogP contribution in [0.1, 0.15) is 17.4 Å². The van der Waals surface area contributed by atoms with Gasteiger partial charge in [0, 0.05) is 29.7 Å². The van der Waals surface area contributed by atoms with E-state index in [0.717, 1.165) is 16.3 Å². The van der Waals surface area contributed by atoms with Gasteiger partial charge in [-0.15, -0.1) is 11.3 Å². The number of anilines is 1. The Morgan fingerprint density at radius 2 is 2.00 bits per heavy atom. The highest BCUT2D eigenvalue weighted by atomic mass is 32.1. The van der Waals surface area contributed by atoms with Gasteiger partial charge in [0.25, 0.3) is 5.91 Å². The molecule has 9 heteroatoms. The summed E-state index contributed by atoms with van der Waals surface area (Å²) in [7, 11) is 3.88. The molecule has 166 valence electrons. The SMILES string of the molecule is CCOc1ccc(-c2nc(C(=O)Nc3ccc4oc(=O)n(CCN(C)C)c4c3)cs2)cc1. The molecule has 0 spiro atoms. The second kappa shape index (κ2) is 9.37.